The lowest BCUT2D eigenvalue weighted by atomic mass is 9.92. The Morgan fingerprint density at radius 2 is 2.11 bits per heavy atom. The number of alkyl halides is 2. The van der Waals surface area contributed by atoms with Crippen molar-refractivity contribution in [1.29, 1.82) is 0 Å². The van der Waals surface area contributed by atoms with Crippen molar-refractivity contribution in [2.24, 2.45) is 0 Å². The van der Waals surface area contributed by atoms with Crippen LogP contribution in [-0.4, -0.2) is 56.2 Å². The average Bonchev–Trinajstić information content (AvgIpc) is 3.36. The third kappa shape index (κ3) is 3.92. The second-order valence-electron chi connectivity index (χ2n) is 7.21. The van der Waals surface area contributed by atoms with Crippen LogP contribution in [0.4, 0.5) is 8.78 Å². The van der Waals surface area contributed by atoms with Gasteiger partial charge in [-0.25, -0.2) is 13.8 Å². The van der Waals surface area contributed by atoms with E-state index >= 15 is 0 Å². The molecule has 4 rings (SSSR count). The fraction of sp³-hybridized carbons (Fsp3) is 0.667. The van der Waals surface area contributed by atoms with Crippen LogP contribution < -0.4 is 0 Å². The summed E-state index contributed by atoms with van der Waals surface area (Å²) >= 11 is 0. The molecule has 4 heterocycles. The van der Waals surface area contributed by atoms with Crippen molar-refractivity contribution in [3.05, 3.63) is 23.8 Å². The number of ether oxygens (including phenoxy) is 1. The molecule has 2 aromatic heterocycles. The Kier molecular flexibility index (Phi) is 5.29. The van der Waals surface area contributed by atoms with Gasteiger partial charge >= 0.3 is 0 Å². The average molecular weight is 379 g/mol. The molecule has 0 unspecified atom stereocenters. The molecular formula is C18H23F2N5O2. The van der Waals surface area contributed by atoms with Gasteiger partial charge in [0.2, 0.25) is 5.91 Å². The van der Waals surface area contributed by atoms with Crippen LogP contribution >= 0.6 is 0 Å². The van der Waals surface area contributed by atoms with E-state index in [1.165, 1.54) is 12.4 Å². The minimum Gasteiger partial charge on any atom is -0.378 e. The van der Waals surface area contributed by atoms with Crippen molar-refractivity contribution in [2.75, 3.05) is 19.7 Å². The maximum absolute atomic E-state index is 13.3. The molecule has 2 fully saturated rings. The van der Waals surface area contributed by atoms with Gasteiger partial charge in [-0.05, 0) is 38.2 Å². The maximum atomic E-state index is 13.3. The van der Waals surface area contributed by atoms with Gasteiger partial charge in [0.05, 0.1) is 6.10 Å². The molecule has 2 saturated heterocycles. The second kappa shape index (κ2) is 7.84. The first-order chi connectivity index (χ1) is 13.1. The third-order valence-corrected chi connectivity index (χ3v) is 5.49. The molecule has 27 heavy (non-hydrogen) atoms. The fourth-order valence-electron chi connectivity index (χ4n) is 3.96. The van der Waals surface area contributed by atoms with Crippen LogP contribution in [0.2, 0.25) is 0 Å². The van der Waals surface area contributed by atoms with Gasteiger partial charge < -0.3 is 9.64 Å². The summed E-state index contributed by atoms with van der Waals surface area (Å²) in [6, 6.07) is 1.42. The van der Waals surface area contributed by atoms with E-state index < -0.39 is 6.43 Å². The number of aromatic nitrogens is 4. The van der Waals surface area contributed by atoms with E-state index in [4.69, 9.17) is 4.74 Å². The molecule has 7 nitrogen and oxygen atoms in total. The van der Waals surface area contributed by atoms with Crippen LogP contribution in [0.3, 0.4) is 0 Å². The van der Waals surface area contributed by atoms with Gasteiger partial charge in [0.25, 0.3) is 12.2 Å². The minimum absolute atomic E-state index is 0.0476. The zero-order chi connectivity index (χ0) is 18.8. The molecule has 0 N–H and O–H groups in total. The van der Waals surface area contributed by atoms with Gasteiger partial charge in [0, 0.05) is 37.7 Å². The number of nitrogens with zero attached hydrogens (tertiary/aromatic N) is 5. The van der Waals surface area contributed by atoms with E-state index in [0.29, 0.717) is 38.0 Å². The SMILES string of the molecule is O=C(CC[C@@H]1CCCO1)N1CCC(c2cc(C(F)F)n3ncnc3n2)CC1. The summed E-state index contributed by atoms with van der Waals surface area (Å²) in [5.74, 6) is 0.391. The Morgan fingerprint density at radius 3 is 2.81 bits per heavy atom. The molecule has 146 valence electrons. The highest BCUT2D eigenvalue weighted by atomic mass is 19.3. The molecule has 2 aliphatic heterocycles. The second-order valence-corrected chi connectivity index (χ2v) is 7.21. The predicted molar refractivity (Wildman–Crippen MR) is 92.5 cm³/mol. The van der Waals surface area contributed by atoms with Gasteiger partial charge in [-0.2, -0.15) is 14.6 Å². The number of hydrogen-bond acceptors (Lipinski definition) is 5. The molecule has 0 saturated carbocycles. The van der Waals surface area contributed by atoms with Crippen LogP contribution in [0.1, 0.15) is 62.3 Å². The van der Waals surface area contributed by atoms with E-state index in [1.807, 2.05) is 4.90 Å². The summed E-state index contributed by atoms with van der Waals surface area (Å²) in [4.78, 5) is 22.6. The molecule has 0 bridgehead atoms. The number of hydrogen-bond donors (Lipinski definition) is 0. The highest BCUT2D eigenvalue weighted by Gasteiger charge is 2.27. The Bertz CT molecular complexity index is 798. The first-order valence-electron chi connectivity index (χ1n) is 9.50. The molecule has 1 atom stereocenters. The zero-order valence-electron chi connectivity index (χ0n) is 15.1. The van der Waals surface area contributed by atoms with Crippen LogP contribution in [0, 0.1) is 0 Å². The number of carbonyl (C=O) groups excluding carboxylic acids is 1. The zero-order valence-corrected chi connectivity index (χ0v) is 15.1. The van der Waals surface area contributed by atoms with Crippen LogP contribution in [0.15, 0.2) is 12.4 Å². The van der Waals surface area contributed by atoms with Gasteiger partial charge in [-0.1, -0.05) is 0 Å². The number of piperidine rings is 1. The summed E-state index contributed by atoms with van der Waals surface area (Å²) in [7, 11) is 0. The smallest absolute Gasteiger partial charge is 0.280 e. The monoisotopic (exact) mass is 379 g/mol. The number of fused-ring (bicyclic) bond motifs is 1. The molecule has 0 radical (unpaired) electrons. The van der Waals surface area contributed by atoms with Gasteiger partial charge in [0.15, 0.2) is 0 Å². The summed E-state index contributed by atoms with van der Waals surface area (Å²) in [5, 5.41) is 3.81. The number of rotatable bonds is 5. The number of likely N-dealkylation sites (tertiary alicyclic amines) is 1. The maximum Gasteiger partial charge on any atom is 0.280 e. The van der Waals surface area contributed by atoms with E-state index in [2.05, 4.69) is 15.1 Å². The molecule has 2 aromatic rings. The Labute approximate surface area is 155 Å². The van der Waals surface area contributed by atoms with Crippen LogP contribution in [0.5, 0.6) is 0 Å². The minimum atomic E-state index is -2.64. The van der Waals surface area contributed by atoms with Crippen molar-refractivity contribution in [1.82, 2.24) is 24.5 Å². The summed E-state index contributed by atoms with van der Waals surface area (Å²) in [5.41, 5.74) is 0.417. The van der Waals surface area contributed by atoms with E-state index in [9.17, 15) is 13.6 Å². The molecule has 0 aliphatic carbocycles. The van der Waals surface area contributed by atoms with Crippen molar-refractivity contribution in [2.45, 2.75) is 57.0 Å². The normalized spacial score (nSPS) is 21.4. The fourth-order valence-corrected chi connectivity index (χ4v) is 3.96. The Morgan fingerprint density at radius 1 is 1.30 bits per heavy atom. The summed E-state index contributed by atoms with van der Waals surface area (Å²) < 4.78 is 33.3. The largest absolute Gasteiger partial charge is 0.378 e. The molecule has 0 spiro atoms. The van der Waals surface area contributed by atoms with Crippen molar-refractivity contribution < 1.29 is 18.3 Å². The van der Waals surface area contributed by atoms with Crippen molar-refractivity contribution in [3.8, 4) is 0 Å². The molecule has 1 amide bonds. The lowest BCUT2D eigenvalue weighted by molar-refractivity contribution is -0.132. The van der Waals surface area contributed by atoms with Crippen molar-refractivity contribution in [3.63, 3.8) is 0 Å². The summed E-state index contributed by atoms with van der Waals surface area (Å²) in [6.45, 7) is 2.05. The molecular weight excluding hydrogens is 356 g/mol. The lowest BCUT2D eigenvalue weighted by Crippen LogP contribution is -2.38. The Hall–Kier alpha value is -2.16. The van der Waals surface area contributed by atoms with Gasteiger partial charge in [-0.15, -0.1) is 0 Å². The number of amides is 1. The van der Waals surface area contributed by atoms with Crippen LogP contribution in [-0.2, 0) is 9.53 Å². The van der Waals surface area contributed by atoms with E-state index in [0.717, 1.165) is 30.4 Å². The molecule has 0 aromatic carbocycles. The number of halogens is 2. The first-order valence-corrected chi connectivity index (χ1v) is 9.50. The Balaban J connectivity index is 1.37. The number of carbonyl (C=O) groups is 1. The van der Waals surface area contributed by atoms with Gasteiger partial charge in [0.1, 0.15) is 12.0 Å². The predicted octanol–water partition coefficient (Wildman–Crippen LogP) is 2.73. The third-order valence-electron chi connectivity index (χ3n) is 5.49. The highest BCUT2D eigenvalue weighted by Crippen LogP contribution is 2.30. The quantitative estimate of drug-likeness (QED) is 0.799. The summed E-state index contributed by atoms with van der Waals surface area (Å²) in [6.07, 6.45) is 3.64. The van der Waals surface area contributed by atoms with E-state index in [1.54, 1.807) is 0 Å². The van der Waals surface area contributed by atoms with Gasteiger partial charge in [-0.3, -0.25) is 4.79 Å². The van der Waals surface area contributed by atoms with E-state index in [-0.39, 0.29) is 29.4 Å². The molecule has 9 heteroatoms. The lowest BCUT2D eigenvalue weighted by Gasteiger charge is -2.32. The molecule has 2 aliphatic rings. The standard InChI is InChI=1S/C18H23F2N5O2/c19-17(20)15-10-14(23-18-21-11-22-25(15)18)12-5-7-24(8-6-12)16(26)4-3-13-2-1-9-27-13/h10-13,17H,1-9H2/t13-/m0/s1. The topological polar surface area (TPSA) is 72.6 Å². The van der Waals surface area contributed by atoms with Crippen molar-refractivity contribution >= 4 is 11.7 Å². The highest BCUT2D eigenvalue weighted by molar-refractivity contribution is 5.76. The van der Waals surface area contributed by atoms with Crippen LogP contribution in [0.25, 0.3) is 5.78 Å². The first kappa shape index (κ1) is 18.2.